The minimum absolute atomic E-state index is 0.0629. The Morgan fingerprint density at radius 2 is 1.58 bits per heavy atom. The summed E-state index contributed by atoms with van der Waals surface area (Å²) in [4.78, 5) is 12.5. The molecule has 3 nitrogen and oxygen atoms in total. The molecule has 0 aromatic heterocycles. The van der Waals surface area contributed by atoms with E-state index in [4.69, 9.17) is 0 Å². The van der Waals surface area contributed by atoms with Crippen LogP contribution in [0.25, 0.3) is 0 Å². The highest BCUT2D eigenvalue weighted by Crippen LogP contribution is 2.41. The SMILES string of the molecule is CC1(C)CC(=O)[C@@H]2C(c3cc(C(F)(F)F)cc(C(F)(F)F)c3)=NN[C@H]2C1. The third-order valence-electron chi connectivity index (χ3n) is 4.70. The van der Waals surface area contributed by atoms with Crippen LogP contribution in [-0.4, -0.2) is 17.5 Å². The van der Waals surface area contributed by atoms with Crippen LogP contribution in [0.2, 0.25) is 0 Å². The summed E-state index contributed by atoms with van der Waals surface area (Å²) < 4.78 is 78.3. The minimum Gasteiger partial charge on any atom is -0.306 e. The monoisotopic (exact) mass is 378 g/mol. The molecule has 1 aliphatic carbocycles. The van der Waals surface area contributed by atoms with E-state index < -0.39 is 35.4 Å². The molecule has 0 bridgehead atoms. The number of rotatable bonds is 1. The van der Waals surface area contributed by atoms with Gasteiger partial charge in [0.1, 0.15) is 5.78 Å². The first-order chi connectivity index (χ1) is 11.8. The van der Waals surface area contributed by atoms with Gasteiger partial charge < -0.3 is 5.43 Å². The van der Waals surface area contributed by atoms with Crippen molar-refractivity contribution >= 4 is 11.5 Å². The third kappa shape index (κ3) is 3.43. The lowest BCUT2D eigenvalue weighted by atomic mass is 9.68. The van der Waals surface area contributed by atoms with Crippen molar-refractivity contribution in [1.82, 2.24) is 5.43 Å². The van der Waals surface area contributed by atoms with E-state index in [0.717, 1.165) is 0 Å². The van der Waals surface area contributed by atoms with Crippen molar-refractivity contribution in [3.05, 3.63) is 34.9 Å². The first kappa shape index (κ1) is 18.7. The van der Waals surface area contributed by atoms with Crippen LogP contribution in [0, 0.1) is 11.3 Å². The Balaban J connectivity index is 2.06. The lowest BCUT2D eigenvalue weighted by Gasteiger charge is -2.36. The van der Waals surface area contributed by atoms with E-state index in [-0.39, 0.29) is 35.0 Å². The smallest absolute Gasteiger partial charge is 0.306 e. The van der Waals surface area contributed by atoms with Gasteiger partial charge in [-0.05, 0) is 35.6 Å². The van der Waals surface area contributed by atoms with E-state index in [1.54, 1.807) is 0 Å². The fourth-order valence-electron chi connectivity index (χ4n) is 3.62. The number of nitrogens with zero attached hydrogens (tertiary/aromatic N) is 1. The van der Waals surface area contributed by atoms with Crippen LogP contribution in [0.15, 0.2) is 23.3 Å². The predicted molar refractivity (Wildman–Crippen MR) is 81.4 cm³/mol. The molecule has 0 radical (unpaired) electrons. The Morgan fingerprint density at radius 3 is 2.08 bits per heavy atom. The number of nitrogens with one attached hydrogen (secondary N) is 1. The molecule has 1 fully saturated rings. The number of Topliss-reactive ketones (excluding diaryl/α,β-unsaturated/α-hetero) is 1. The normalized spacial score (nSPS) is 25.5. The lowest BCUT2D eigenvalue weighted by molar-refractivity contribution is -0.143. The second-order valence-corrected chi connectivity index (χ2v) is 7.52. The lowest BCUT2D eigenvalue weighted by Crippen LogP contribution is -2.45. The molecule has 0 unspecified atom stereocenters. The van der Waals surface area contributed by atoms with Crippen LogP contribution in [0.3, 0.4) is 0 Å². The third-order valence-corrected chi connectivity index (χ3v) is 4.70. The Morgan fingerprint density at radius 1 is 1.04 bits per heavy atom. The van der Waals surface area contributed by atoms with Gasteiger partial charge in [-0.25, -0.2) is 0 Å². The molecule has 26 heavy (non-hydrogen) atoms. The molecule has 3 rings (SSSR count). The first-order valence-electron chi connectivity index (χ1n) is 7.94. The van der Waals surface area contributed by atoms with Crippen molar-refractivity contribution in [2.45, 2.75) is 45.1 Å². The number of alkyl halides is 6. The molecule has 1 aromatic carbocycles. The van der Waals surface area contributed by atoms with E-state index in [1.165, 1.54) is 0 Å². The van der Waals surface area contributed by atoms with E-state index in [9.17, 15) is 31.1 Å². The van der Waals surface area contributed by atoms with Gasteiger partial charge in [0.25, 0.3) is 0 Å². The van der Waals surface area contributed by atoms with Crippen LogP contribution in [0.1, 0.15) is 43.4 Å². The van der Waals surface area contributed by atoms with E-state index in [1.807, 2.05) is 13.8 Å². The zero-order chi connectivity index (χ0) is 19.5. The van der Waals surface area contributed by atoms with Gasteiger partial charge in [0.2, 0.25) is 0 Å². The molecular formula is C17H16F6N2O. The van der Waals surface area contributed by atoms with Gasteiger partial charge in [0.15, 0.2) is 0 Å². The molecule has 0 amide bonds. The van der Waals surface area contributed by atoms with Crippen LogP contribution in [-0.2, 0) is 17.1 Å². The maximum atomic E-state index is 13.0. The van der Waals surface area contributed by atoms with Gasteiger partial charge in [-0.3, -0.25) is 4.79 Å². The summed E-state index contributed by atoms with van der Waals surface area (Å²) in [5.41, 5.74) is -0.825. The molecule has 1 heterocycles. The van der Waals surface area contributed by atoms with Crippen LogP contribution >= 0.6 is 0 Å². The molecule has 0 spiro atoms. The number of carbonyl (C=O) groups is 1. The number of hydrogen-bond donors (Lipinski definition) is 1. The van der Waals surface area contributed by atoms with Crippen LogP contribution < -0.4 is 5.43 Å². The Bertz CT molecular complexity index is 746. The van der Waals surface area contributed by atoms with Gasteiger partial charge in [-0.15, -0.1) is 0 Å². The summed E-state index contributed by atoms with van der Waals surface area (Å²) in [5.74, 6) is -1.08. The average molecular weight is 378 g/mol. The summed E-state index contributed by atoms with van der Waals surface area (Å²) in [6.45, 7) is 3.76. The highest BCUT2D eigenvalue weighted by Gasteiger charge is 2.47. The number of hydrogen-bond acceptors (Lipinski definition) is 3. The van der Waals surface area contributed by atoms with Gasteiger partial charge >= 0.3 is 12.4 Å². The zero-order valence-electron chi connectivity index (χ0n) is 13.9. The van der Waals surface area contributed by atoms with E-state index in [0.29, 0.717) is 18.6 Å². The highest BCUT2D eigenvalue weighted by molar-refractivity contribution is 6.15. The molecule has 2 aliphatic rings. The first-order valence-corrected chi connectivity index (χ1v) is 7.94. The second-order valence-electron chi connectivity index (χ2n) is 7.52. The number of hydrazone groups is 1. The van der Waals surface area contributed by atoms with Crippen molar-refractivity contribution in [1.29, 1.82) is 0 Å². The summed E-state index contributed by atoms with van der Waals surface area (Å²) in [7, 11) is 0. The van der Waals surface area contributed by atoms with E-state index >= 15 is 0 Å². The summed E-state index contributed by atoms with van der Waals surface area (Å²) in [6, 6.07) is 0.872. The van der Waals surface area contributed by atoms with Crippen molar-refractivity contribution in [3.63, 3.8) is 0 Å². The Kier molecular flexibility index (Phi) is 4.12. The molecule has 2 atom stereocenters. The zero-order valence-corrected chi connectivity index (χ0v) is 13.9. The molecule has 1 N–H and O–H groups in total. The van der Waals surface area contributed by atoms with Crippen molar-refractivity contribution in [3.8, 4) is 0 Å². The number of ketones is 1. The topological polar surface area (TPSA) is 41.5 Å². The Hall–Kier alpha value is -2.06. The van der Waals surface area contributed by atoms with Crippen molar-refractivity contribution in [2.75, 3.05) is 0 Å². The summed E-state index contributed by atoms with van der Waals surface area (Å²) in [6.07, 6.45) is -9.15. The van der Waals surface area contributed by atoms with Gasteiger partial charge in [-0.1, -0.05) is 13.8 Å². The largest absolute Gasteiger partial charge is 0.416 e. The quantitative estimate of drug-likeness (QED) is 0.736. The molecule has 1 saturated carbocycles. The van der Waals surface area contributed by atoms with Crippen LogP contribution in [0.4, 0.5) is 26.3 Å². The molecule has 142 valence electrons. The standard InChI is InChI=1S/C17H16F6N2O/c1-15(2)6-11-13(12(26)7-15)14(25-24-11)8-3-9(16(18,19)20)5-10(4-8)17(21,22)23/h3-5,11,13,24H,6-7H2,1-2H3/t11-,13+/m0/s1. The number of halogens is 6. The second kappa shape index (κ2) is 5.72. The summed E-state index contributed by atoms with van der Waals surface area (Å²) in [5, 5.41) is 3.92. The number of fused-ring (bicyclic) bond motifs is 1. The fraction of sp³-hybridized carbons (Fsp3) is 0.529. The van der Waals surface area contributed by atoms with Gasteiger partial charge in [-0.2, -0.15) is 31.4 Å². The molecule has 1 aliphatic heterocycles. The maximum Gasteiger partial charge on any atom is 0.416 e. The maximum absolute atomic E-state index is 13.0. The van der Waals surface area contributed by atoms with E-state index in [2.05, 4.69) is 10.5 Å². The molecule has 9 heteroatoms. The molecule has 0 saturated heterocycles. The Labute approximate surface area is 145 Å². The predicted octanol–water partition coefficient (Wildman–Crippen LogP) is 4.41. The van der Waals surface area contributed by atoms with Gasteiger partial charge in [0.05, 0.1) is 28.8 Å². The molecular weight excluding hydrogens is 362 g/mol. The number of carbonyl (C=O) groups excluding carboxylic acids is 1. The summed E-state index contributed by atoms with van der Waals surface area (Å²) >= 11 is 0. The number of benzene rings is 1. The highest BCUT2D eigenvalue weighted by atomic mass is 19.4. The van der Waals surface area contributed by atoms with Crippen molar-refractivity contribution < 1.29 is 31.1 Å². The van der Waals surface area contributed by atoms with Gasteiger partial charge in [0, 0.05) is 6.42 Å². The fourth-order valence-corrected chi connectivity index (χ4v) is 3.62. The molecule has 1 aromatic rings. The minimum atomic E-state index is -4.94. The van der Waals surface area contributed by atoms with Crippen LogP contribution in [0.5, 0.6) is 0 Å². The average Bonchev–Trinajstić information content (AvgIpc) is 2.87. The van der Waals surface area contributed by atoms with Crippen molar-refractivity contribution in [2.24, 2.45) is 16.4 Å².